The molecule has 4 nitrogen and oxygen atoms in total. The maximum Gasteiger partial charge on any atom is 0.290 e. The molecule has 2 heterocycles. The van der Waals surface area contributed by atoms with Gasteiger partial charge >= 0.3 is 0 Å². The standard InChI is InChI=1S/C15H17BrN2O2.ClH/c1-9-8-17-5-6-18(9)15(19)14-10(2)12-7-11(16)3-4-13(12)20-14;/h3-4,7,9,17H,5-6,8H2,1-2H3;1H/t9-;/m1./s1. The molecule has 1 aliphatic rings. The van der Waals surface area contributed by atoms with E-state index in [9.17, 15) is 4.79 Å². The van der Waals surface area contributed by atoms with Crippen molar-refractivity contribution >= 4 is 45.2 Å². The third-order valence-electron chi connectivity index (χ3n) is 3.85. The van der Waals surface area contributed by atoms with Gasteiger partial charge in [-0.1, -0.05) is 15.9 Å². The molecule has 1 aliphatic heterocycles. The Labute approximate surface area is 138 Å². The average molecular weight is 374 g/mol. The zero-order chi connectivity index (χ0) is 14.3. The van der Waals surface area contributed by atoms with Crippen LogP contribution in [0, 0.1) is 6.92 Å². The first-order chi connectivity index (χ1) is 9.58. The Morgan fingerprint density at radius 3 is 2.95 bits per heavy atom. The quantitative estimate of drug-likeness (QED) is 0.834. The van der Waals surface area contributed by atoms with Crippen LogP contribution in [0.1, 0.15) is 23.0 Å². The summed E-state index contributed by atoms with van der Waals surface area (Å²) in [5.74, 6) is 0.454. The SMILES string of the molecule is Cc1c(C(=O)N2CCNC[C@H]2C)oc2ccc(Br)cc12.Cl. The van der Waals surface area contributed by atoms with E-state index in [-0.39, 0.29) is 24.4 Å². The van der Waals surface area contributed by atoms with Gasteiger partial charge in [-0.25, -0.2) is 0 Å². The molecule has 1 atom stereocenters. The molecule has 1 N–H and O–H groups in total. The highest BCUT2D eigenvalue weighted by molar-refractivity contribution is 9.10. The highest BCUT2D eigenvalue weighted by Crippen LogP contribution is 2.29. The second-order valence-electron chi connectivity index (χ2n) is 5.25. The van der Waals surface area contributed by atoms with Crippen LogP contribution in [0.15, 0.2) is 27.1 Å². The number of hydrogen-bond donors (Lipinski definition) is 1. The van der Waals surface area contributed by atoms with Crippen LogP contribution in [0.3, 0.4) is 0 Å². The Hall–Kier alpha value is -1.04. The first-order valence-corrected chi connectivity index (χ1v) is 7.57. The first-order valence-electron chi connectivity index (χ1n) is 6.78. The van der Waals surface area contributed by atoms with Crippen molar-refractivity contribution in [2.45, 2.75) is 19.9 Å². The lowest BCUT2D eigenvalue weighted by Gasteiger charge is -2.33. The number of furan rings is 1. The van der Waals surface area contributed by atoms with Crippen LogP contribution in [0.4, 0.5) is 0 Å². The molecule has 6 heteroatoms. The van der Waals surface area contributed by atoms with Crippen molar-refractivity contribution < 1.29 is 9.21 Å². The minimum absolute atomic E-state index is 0. The lowest BCUT2D eigenvalue weighted by molar-refractivity contribution is 0.0624. The van der Waals surface area contributed by atoms with E-state index >= 15 is 0 Å². The van der Waals surface area contributed by atoms with Crippen molar-refractivity contribution in [3.05, 3.63) is 34.0 Å². The maximum absolute atomic E-state index is 12.7. The smallest absolute Gasteiger partial charge is 0.290 e. The molecule has 1 aromatic heterocycles. The Balaban J connectivity index is 0.00000161. The summed E-state index contributed by atoms with van der Waals surface area (Å²) in [5.41, 5.74) is 1.67. The largest absolute Gasteiger partial charge is 0.451 e. The number of halogens is 2. The fourth-order valence-corrected chi connectivity index (χ4v) is 3.03. The Morgan fingerprint density at radius 1 is 1.48 bits per heavy atom. The summed E-state index contributed by atoms with van der Waals surface area (Å²) in [4.78, 5) is 14.6. The average Bonchev–Trinajstić information content (AvgIpc) is 2.76. The van der Waals surface area contributed by atoms with Crippen molar-refractivity contribution in [3.63, 3.8) is 0 Å². The third-order valence-corrected chi connectivity index (χ3v) is 4.35. The van der Waals surface area contributed by atoms with Crippen molar-refractivity contribution in [1.82, 2.24) is 10.2 Å². The van der Waals surface area contributed by atoms with Crippen molar-refractivity contribution in [1.29, 1.82) is 0 Å². The van der Waals surface area contributed by atoms with E-state index in [0.29, 0.717) is 5.76 Å². The van der Waals surface area contributed by atoms with Gasteiger partial charge in [-0.15, -0.1) is 12.4 Å². The second-order valence-corrected chi connectivity index (χ2v) is 6.16. The second kappa shape index (κ2) is 6.38. The summed E-state index contributed by atoms with van der Waals surface area (Å²) in [6.45, 7) is 6.38. The zero-order valence-electron chi connectivity index (χ0n) is 12.0. The van der Waals surface area contributed by atoms with Crippen LogP contribution < -0.4 is 5.32 Å². The predicted molar refractivity (Wildman–Crippen MR) is 89.3 cm³/mol. The van der Waals surface area contributed by atoms with Gasteiger partial charge in [0.05, 0.1) is 0 Å². The molecule has 1 fully saturated rings. The summed E-state index contributed by atoms with van der Waals surface area (Å²) in [6, 6.07) is 6.00. The van der Waals surface area contributed by atoms with Crippen molar-refractivity contribution in [3.8, 4) is 0 Å². The monoisotopic (exact) mass is 372 g/mol. The topological polar surface area (TPSA) is 45.5 Å². The minimum Gasteiger partial charge on any atom is -0.451 e. The van der Waals surface area contributed by atoms with Gasteiger partial charge in [-0.3, -0.25) is 4.79 Å². The molecule has 3 rings (SSSR count). The third kappa shape index (κ3) is 2.96. The van der Waals surface area contributed by atoms with Crippen LogP contribution in [-0.2, 0) is 0 Å². The van der Waals surface area contributed by atoms with Crippen LogP contribution >= 0.6 is 28.3 Å². The Kier molecular flexibility index (Phi) is 4.96. The normalized spacial score (nSPS) is 18.6. The van der Waals surface area contributed by atoms with Gasteiger partial charge < -0.3 is 14.6 Å². The summed E-state index contributed by atoms with van der Waals surface area (Å²) < 4.78 is 6.77. The molecular weight excluding hydrogens is 356 g/mol. The Bertz CT molecular complexity index is 671. The van der Waals surface area contributed by atoms with Crippen LogP contribution in [0.2, 0.25) is 0 Å². The van der Waals surface area contributed by atoms with E-state index in [2.05, 4.69) is 28.2 Å². The van der Waals surface area contributed by atoms with Gasteiger partial charge in [-0.2, -0.15) is 0 Å². The summed E-state index contributed by atoms with van der Waals surface area (Å²) >= 11 is 3.45. The molecule has 2 aromatic rings. The number of piperazine rings is 1. The van der Waals surface area contributed by atoms with Gasteiger partial charge in [0.1, 0.15) is 5.58 Å². The summed E-state index contributed by atoms with van der Waals surface area (Å²) in [6.07, 6.45) is 0. The van der Waals surface area contributed by atoms with Gasteiger partial charge in [0, 0.05) is 41.1 Å². The molecule has 1 amide bonds. The van der Waals surface area contributed by atoms with Crippen molar-refractivity contribution in [2.24, 2.45) is 0 Å². The zero-order valence-corrected chi connectivity index (χ0v) is 14.4. The minimum atomic E-state index is -0.0103. The number of benzene rings is 1. The fourth-order valence-electron chi connectivity index (χ4n) is 2.67. The van der Waals surface area contributed by atoms with Crippen molar-refractivity contribution in [2.75, 3.05) is 19.6 Å². The summed E-state index contributed by atoms with van der Waals surface area (Å²) in [5, 5.41) is 4.28. The molecule has 0 saturated carbocycles. The van der Waals surface area contributed by atoms with E-state index in [0.717, 1.165) is 40.6 Å². The van der Waals surface area contributed by atoms with Crippen LogP contribution in [0.25, 0.3) is 11.0 Å². The number of fused-ring (bicyclic) bond motifs is 1. The number of nitrogens with zero attached hydrogens (tertiary/aromatic N) is 1. The van der Waals surface area contributed by atoms with Crippen LogP contribution in [-0.4, -0.2) is 36.5 Å². The lowest BCUT2D eigenvalue weighted by atomic mass is 10.1. The Morgan fingerprint density at radius 2 is 2.24 bits per heavy atom. The van der Waals surface area contributed by atoms with Gasteiger partial charge in [-0.05, 0) is 32.0 Å². The summed E-state index contributed by atoms with van der Waals surface area (Å²) in [7, 11) is 0. The molecular formula is C15H18BrClN2O2. The molecule has 114 valence electrons. The van der Waals surface area contributed by atoms with E-state index < -0.39 is 0 Å². The lowest BCUT2D eigenvalue weighted by Crippen LogP contribution is -2.52. The van der Waals surface area contributed by atoms with E-state index in [1.54, 1.807) is 0 Å². The number of aryl methyl sites for hydroxylation is 1. The number of carbonyl (C=O) groups excluding carboxylic acids is 1. The molecule has 1 saturated heterocycles. The van der Waals surface area contributed by atoms with Gasteiger partial charge in [0.15, 0.2) is 5.76 Å². The number of rotatable bonds is 1. The molecule has 0 bridgehead atoms. The predicted octanol–water partition coefficient (Wildman–Crippen LogP) is 3.36. The van der Waals surface area contributed by atoms with Crippen LogP contribution in [0.5, 0.6) is 0 Å². The molecule has 0 spiro atoms. The molecule has 1 aromatic carbocycles. The number of nitrogens with one attached hydrogen (secondary N) is 1. The number of amides is 1. The fraction of sp³-hybridized carbons (Fsp3) is 0.400. The number of hydrogen-bond acceptors (Lipinski definition) is 3. The molecule has 0 aliphatic carbocycles. The first kappa shape index (κ1) is 16.3. The highest BCUT2D eigenvalue weighted by Gasteiger charge is 2.28. The molecule has 21 heavy (non-hydrogen) atoms. The van der Waals surface area contributed by atoms with Gasteiger partial charge in [0.2, 0.25) is 0 Å². The molecule has 0 radical (unpaired) electrons. The maximum atomic E-state index is 12.7. The highest BCUT2D eigenvalue weighted by atomic mass is 79.9. The molecule has 0 unspecified atom stereocenters. The van der Waals surface area contributed by atoms with Gasteiger partial charge in [0.25, 0.3) is 5.91 Å². The van der Waals surface area contributed by atoms with E-state index in [1.807, 2.05) is 30.0 Å². The van der Waals surface area contributed by atoms with E-state index in [4.69, 9.17) is 4.42 Å². The van der Waals surface area contributed by atoms with E-state index in [1.165, 1.54) is 0 Å². The number of carbonyl (C=O) groups is 1.